The minimum atomic E-state index is -4.56. The molecule has 2 heterocycles. The Balaban J connectivity index is 1.59. The number of nitrogens with zero attached hydrogens (tertiary/aromatic N) is 3. The number of aromatic nitrogens is 1. The summed E-state index contributed by atoms with van der Waals surface area (Å²) in [6, 6.07) is 10.2. The van der Waals surface area contributed by atoms with Crippen molar-refractivity contribution in [2.45, 2.75) is 19.6 Å². The van der Waals surface area contributed by atoms with Gasteiger partial charge in [0.15, 0.2) is 0 Å². The van der Waals surface area contributed by atoms with Gasteiger partial charge in [0.25, 0.3) is 5.91 Å². The Bertz CT molecular complexity index is 1320. The van der Waals surface area contributed by atoms with Crippen LogP contribution in [0.15, 0.2) is 54.9 Å². The van der Waals surface area contributed by atoms with Crippen molar-refractivity contribution < 1.29 is 22.8 Å². The third-order valence-corrected chi connectivity index (χ3v) is 6.54. The van der Waals surface area contributed by atoms with Crippen LogP contribution in [0.1, 0.15) is 37.4 Å². The maximum Gasteiger partial charge on any atom is 0.416 e. The van der Waals surface area contributed by atoms with E-state index in [2.05, 4.69) is 15.2 Å². The molecule has 2 amide bonds. The lowest BCUT2D eigenvalue weighted by Crippen LogP contribution is -2.44. The molecule has 1 aliphatic rings. The van der Waals surface area contributed by atoms with Crippen molar-refractivity contribution in [2.24, 2.45) is 5.73 Å². The number of rotatable bonds is 6. The van der Waals surface area contributed by atoms with Crippen LogP contribution in [-0.4, -0.2) is 59.8 Å². The van der Waals surface area contributed by atoms with Crippen molar-refractivity contribution in [3.63, 3.8) is 0 Å². The third-order valence-electron chi connectivity index (χ3n) is 6.54. The van der Waals surface area contributed by atoms with Gasteiger partial charge in [-0.2, -0.15) is 13.2 Å². The summed E-state index contributed by atoms with van der Waals surface area (Å²) >= 11 is 0. The molecule has 37 heavy (non-hydrogen) atoms. The predicted molar refractivity (Wildman–Crippen MR) is 135 cm³/mol. The average Bonchev–Trinajstić information content (AvgIpc) is 2.86. The lowest BCUT2D eigenvalue weighted by Gasteiger charge is -2.33. The molecular formula is C27H28F3N5O2. The number of halogens is 3. The number of hydrogen-bond acceptors (Lipinski definition) is 5. The average molecular weight is 512 g/mol. The highest BCUT2D eigenvalue weighted by Gasteiger charge is 2.34. The number of anilines is 1. The fraction of sp³-hybridized carbons (Fsp3) is 0.296. The molecule has 0 unspecified atom stereocenters. The fourth-order valence-electron chi connectivity index (χ4n) is 4.38. The number of nitrogens with one attached hydrogen (secondary N) is 1. The zero-order valence-electron chi connectivity index (χ0n) is 20.6. The van der Waals surface area contributed by atoms with Crippen LogP contribution in [0.2, 0.25) is 0 Å². The normalized spacial score (nSPS) is 14.9. The smallest absolute Gasteiger partial charge is 0.366 e. The number of likely N-dealkylation sites (N-methyl/N-ethyl adjacent to an activating group) is 1. The summed E-state index contributed by atoms with van der Waals surface area (Å²) in [6.45, 7) is 4.98. The maximum absolute atomic E-state index is 13.9. The monoisotopic (exact) mass is 511 g/mol. The lowest BCUT2D eigenvalue weighted by atomic mass is 9.95. The first-order chi connectivity index (χ1) is 17.5. The first-order valence-corrected chi connectivity index (χ1v) is 11.8. The number of nitrogens with two attached hydrogens (primary N) is 1. The van der Waals surface area contributed by atoms with Gasteiger partial charge in [0.2, 0.25) is 5.91 Å². The minimum Gasteiger partial charge on any atom is -0.366 e. The lowest BCUT2D eigenvalue weighted by molar-refractivity contribution is -0.138. The first-order valence-electron chi connectivity index (χ1n) is 11.8. The molecule has 1 saturated heterocycles. The SMILES string of the molecule is Cc1ccc(C(=O)Nc2ccc(CN3CCN(C)CC3)c(C(F)(F)F)c2)cc1-c1cnccc1C(N)=O. The molecule has 3 aromatic rings. The van der Waals surface area contributed by atoms with Gasteiger partial charge in [-0.25, -0.2) is 0 Å². The third kappa shape index (κ3) is 6.15. The van der Waals surface area contributed by atoms with Gasteiger partial charge in [0.1, 0.15) is 0 Å². The summed E-state index contributed by atoms with van der Waals surface area (Å²) in [4.78, 5) is 33.1. The van der Waals surface area contributed by atoms with Crippen LogP contribution in [0.25, 0.3) is 11.1 Å². The van der Waals surface area contributed by atoms with E-state index in [1.54, 1.807) is 18.2 Å². The molecule has 0 spiro atoms. The molecule has 1 fully saturated rings. The van der Waals surface area contributed by atoms with Gasteiger partial charge in [-0.15, -0.1) is 0 Å². The molecule has 3 N–H and O–H groups in total. The van der Waals surface area contributed by atoms with Gasteiger partial charge in [-0.3, -0.25) is 19.5 Å². The Morgan fingerprint density at radius 3 is 2.43 bits per heavy atom. The molecule has 0 radical (unpaired) electrons. The highest BCUT2D eigenvalue weighted by atomic mass is 19.4. The molecule has 1 aromatic heterocycles. The second-order valence-corrected chi connectivity index (χ2v) is 9.22. The minimum absolute atomic E-state index is 0.0424. The van der Waals surface area contributed by atoms with Crippen molar-refractivity contribution in [1.29, 1.82) is 0 Å². The quantitative estimate of drug-likeness (QED) is 0.518. The van der Waals surface area contributed by atoms with E-state index >= 15 is 0 Å². The number of amides is 2. The van der Waals surface area contributed by atoms with Crippen LogP contribution < -0.4 is 11.1 Å². The summed E-state index contributed by atoms with van der Waals surface area (Å²) in [5.41, 5.74) is 7.22. The number of pyridine rings is 1. The van der Waals surface area contributed by atoms with Gasteiger partial charge in [0.05, 0.1) is 5.56 Å². The summed E-state index contributed by atoms with van der Waals surface area (Å²) < 4.78 is 41.7. The highest BCUT2D eigenvalue weighted by molar-refractivity contribution is 6.06. The number of piperazine rings is 1. The summed E-state index contributed by atoms with van der Waals surface area (Å²) in [7, 11) is 1.99. The maximum atomic E-state index is 13.9. The molecule has 2 aromatic carbocycles. The van der Waals surface area contributed by atoms with Crippen LogP contribution in [0.4, 0.5) is 18.9 Å². The Morgan fingerprint density at radius 1 is 1.03 bits per heavy atom. The van der Waals surface area contributed by atoms with E-state index in [4.69, 9.17) is 5.73 Å². The summed E-state index contributed by atoms with van der Waals surface area (Å²) in [5.74, 6) is -1.21. The number of carbonyl (C=O) groups is 2. The van der Waals surface area contributed by atoms with E-state index in [1.807, 2.05) is 18.9 Å². The van der Waals surface area contributed by atoms with E-state index in [1.165, 1.54) is 30.6 Å². The van der Waals surface area contributed by atoms with Gasteiger partial charge >= 0.3 is 6.18 Å². The van der Waals surface area contributed by atoms with Crippen molar-refractivity contribution in [2.75, 3.05) is 38.5 Å². The second kappa shape index (κ2) is 10.7. The van der Waals surface area contributed by atoms with Crippen LogP contribution in [0.3, 0.4) is 0 Å². The number of primary amides is 1. The van der Waals surface area contributed by atoms with Gasteiger partial charge < -0.3 is 16.0 Å². The van der Waals surface area contributed by atoms with E-state index in [-0.39, 0.29) is 28.9 Å². The zero-order valence-corrected chi connectivity index (χ0v) is 20.6. The van der Waals surface area contributed by atoms with Crippen molar-refractivity contribution in [3.05, 3.63) is 82.7 Å². The Morgan fingerprint density at radius 2 is 1.76 bits per heavy atom. The van der Waals surface area contributed by atoms with Crippen molar-refractivity contribution >= 4 is 17.5 Å². The molecule has 4 rings (SSSR count). The topological polar surface area (TPSA) is 91.6 Å². The van der Waals surface area contributed by atoms with Crippen LogP contribution in [0, 0.1) is 6.92 Å². The molecular weight excluding hydrogens is 483 g/mol. The Kier molecular flexibility index (Phi) is 7.60. The standard InChI is InChI=1S/C27H28F3N5O2/c1-17-3-4-18(13-22(17)23-15-32-8-7-21(23)25(31)36)26(37)33-20-6-5-19(24(14-20)27(28,29)30)16-35-11-9-34(2)10-12-35/h3-8,13-15H,9-12,16H2,1-2H3,(H2,31,36)(H,33,37). The van der Waals surface area contributed by atoms with Gasteiger partial charge in [0, 0.05) is 67.5 Å². The van der Waals surface area contributed by atoms with Crippen molar-refractivity contribution in [3.8, 4) is 11.1 Å². The van der Waals surface area contributed by atoms with E-state index in [9.17, 15) is 22.8 Å². The fourth-order valence-corrected chi connectivity index (χ4v) is 4.38. The molecule has 1 aliphatic heterocycles. The Hall–Kier alpha value is -3.76. The number of hydrogen-bond donors (Lipinski definition) is 2. The first kappa shape index (κ1) is 26.3. The van der Waals surface area contributed by atoms with E-state index in [0.29, 0.717) is 24.2 Å². The van der Waals surface area contributed by atoms with Crippen molar-refractivity contribution in [1.82, 2.24) is 14.8 Å². The second-order valence-electron chi connectivity index (χ2n) is 9.22. The van der Waals surface area contributed by atoms with Crippen LogP contribution in [0.5, 0.6) is 0 Å². The molecule has 0 atom stereocenters. The molecule has 0 aliphatic carbocycles. The Labute approximate surface area is 213 Å². The molecule has 10 heteroatoms. The van der Waals surface area contributed by atoms with Crippen LogP contribution >= 0.6 is 0 Å². The van der Waals surface area contributed by atoms with Gasteiger partial charge in [-0.05, 0) is 61.0 Å². The number of aryl methyl sites for hydroxylation is 1. The molecule has 0 bridgehead atoms. The van der Waals surface area contributed by atoms with Gasteiger partial charge in [-0.1, -0.05) is 12.1 Å². The number of alkyl halides is 3. The molecule has 194 valence electrons. The van der Waals surface area contributed by atoms with E-state index < -0.39 is 23.6 Å². The van der Waals surface area contributed by atoms with E-state index in [0.717, 1.165) is 24.7 Å². The molecule has 0 saturated carbocycles. The van der Waals surface area contributed by atoms with Crippen LogP contribution in [-0.2, 0) is 12.7 Å². The largest absolute Gasteiger partial charge is 0.416 e. The summed E-state index contributed by atoms with van der Waals surface area (Å²) in [5, 5.41) is 2.58. The number of carbonyl (C=O) groups excluding carboxylic acids is 2. The highest BCUT2D eigenvalue weighted by Crippen LogP contribution is 2.35. The predicted octanol–water partition coefficient (Wildman–Crippen LogP) is 4.17. The molecule has 7 nitrogen and oxygen atoms in total. The summed E-state index contributed by atoms with van der Waals surface area (Å²) in [6.07, 6.45) is -1.63. The zero-order chi connectivity index (χ0) is 26.7. The number of benzene rings is 2.